The Hall–Kier alpha value is -0.730. The van der Waals surface area contributed by atoms with E-state index in [1.54, 1.807) is 17.8 Å². The maximum atomic E-state index is 12.1. The Bertz CT molecular complexity index is 449. The van der Waals surface area contributed by atoms with Crippen LogP contribution in [-0.2, 0) is 12.2 Å². The molecule has 1 atom stereocenters. The summed E-state index contributed by atoms with van der Waals surface area (Å²) in [6.45, 7) is -0.820. The Morgan fingerprint density at radius 3 is 2.89 bits per heavy atom. The van der Waals surface area contributed by atoms with E-state index in [4.69, 9.17) is 5.11 Å². The summed E-state index contributed by atoms with van der Waals surface area (Å²) in [5.41, 5.74) is 1.09. The number of alkyl halides is 3. The van der Waals surface area contributed by atoms with Crippen molar-refractivity contribution in [3.8, 4) is 0 Å². The number of nitrogens with one attached hydrogen (secondary N) is 1. The number of carbonyl (C=O) groups excluding carboxylic acids is 1. The predicted octanol–water partition coefficient (Wildman–Crippen LogP) is 2.19. The van der Waals surface area contributed by atoms with Crippen LogP contribution in [0, 0.1) is 0 Å². The first-order valence-corrected chi connectivity index (χ1v) is 7.57. The van der Waals surface area contributed by atoms with Crippen LogP contribution in [-0.4, -0.2) is 35.6 Å². The summed E-state index contributed by atoms with van der Waals surface area (Å²) in [6.07, 6.45) is -6.34. The zero-order valence-corrected chi connectivity index (χ0v) is 11.4. The van der Waals surface area contributed by atoms with E-state index in [1.807, 2.05) is 0 Å². The lowest BCUT2D eigenvalue weighted by Gasteiger charge is -2.14. The van der Waals surface area contributed by atoms with Crippen LogP contribution >= 0.6 is 23.1 Å². The van der Waals surface area contributed by atoms with Gasteiger partial charge in [0.05, 0.1) is 11.4 Å². The van der Waals surface area contributed by atoms with E-state index >= 15 is 0 Å². The highest BCUT2D eigenvalue weighted by Crippen LogP contribution is 2.31. The number of halogens is 3. The van der Waals surface area contributed by atoms with Gasteiger partial charge in [-0.1, -0.05) is 0 Å². The molecule has 0 spiro atoms. The molecule has 0 saturated carbocycles. The molecule has 2 rings (SSSR count). The maximum absolute atomic E-state index is 12.1. The third-order valence-corrected chi connectivity index (χ3v) is 4.93. The van der Waals surface area contributed by atoms with E-state index in [1.165, 1.54) is 11.3 Å². The zero-order chi connectivity index (χ0) is 14.0. The highest BCUT2D eigenvalue weighted by atomic mass is 32.2. The summed E-state index contributed by atoms with van der Waals surface area (Å²) >= 11 is 3.08. The third-order valence-electron chi connectivity index (χ3n) is 2.69. The standard InChI is InChI=1S/C11H12F3NO2S2/c12-11(13,14)9(16)4-15-10(17)8-3-6-5-18-2-1-7(6)19-8/h3,9,16H,1-2,4-5H2,(H,15,17). The Kier molecular flexibility index (Phi) is 4.42. The van der Waals surface area contributed by atoms with Crippen LogP contribution in [0.1, 0.15) is 20.1 Å². The van der Waals surface area contributed by atoms with Gasteiger partial charge in [-0.25, -0.2) is 0 Å². The number of aliphatic hydroxyl groups is 1. The molecule has 0 fully saturated rings. The molecular formula is C11H12F3NO2S2. The molecule has 2 N–H and O–H groups in total. The maximum Gasteiger partial charge on any atom is 0.416 e. The largest absolute Gasteiger partial charge is 0.416 e. The van der Waals surface area contributed by atoms with Crippen molar-refractivity contribution in [2.75, 3.05) is 12.3 Å². The lowest BCUT2D eigenvalue weighted by molar-refractivity contribution is -0.201. The molecule has 1 amide bonds. The molecule has 0 saturated heterocycles. The molecule has 0 aliphatic carbocycles. The minimum Gasteiger partial charge on any atom is -0.382 e. The second-order valence-electron chi connectivity index (χ2n) is 4.13. The van der Waals surface area contributed by atoms with Crippen LogP contribution in [0.25, 0.3) is 0 Å². The second-order valence-corrected chi connectivity index (χ2v) is 6.37. The number of amides is 1. The fourth-order valence-electron chi connectivity index (χ4n) is 1.65. The fourth-order valence-corrected chi connectivity index (χ4v) is 3.94. The molecule has 106 valence electrons. The molecule has 19 heavy (non-hydrogen) atoms. The minimum absolute atomic E-state index is 0.405. The predicted molar refractivity (Wildman–Crippen MR) is 68.6 cm³/mol. The van der Waals surface area contributed by atoms with Crippen LogP contribution < -0.4 is 5.32 Å². The van der Waals surface area contributed by atoms with Crippen LogP contribution in [0.15, 0.2) is 6.07 Å². The van der Waals surface area contributed by atoms with E-state index < -0.39 is 24.7 Å². The summed E-state index contributed by atoms with van der Waals surface area (Å²) in [5, 5.41) is 10.9. The van der Waals surface area contributed by atoms with Crippen LogP contribution in [0.3, 0.4) is 0 Å². The van der Waals surface area contributed by atoms with Gasteiger partial charge in [0.15, 0.2) is 6.10 Å². The number of carbonyl (C=O) groups is 1. The highest BCUT2D eigenvalue weighted by molar-refractivity contribution is 7.98. The average Bonchev–Trinajstić information content (AvgIpc) is 2.78. The normalized spacial score (nSPS) is 16.8. The first-order chi connectivity index (χ1) is 8.88. The van der Waals surface area contributed by atoms with Gasteiger partial charge >= 0.3 is 6.18 Å². The summed E-state index contributed by atoms with van der Waals surface area (Å²) in [7, 11) is 0. The van der Waals surface area contributed by atoms with Crippen molar-refractivity contribution in [1.29, 1.82) is 0 Å². The molecule has 0 bridgehead atoms. The smallest absolute Gasteiger partial charge is 0.382 e. The lowest BCUT2D eigenvalue weighted by atomic mass is 10.2. The number of hydrogen-bond donors (Lipinski definition) is 2. The summed E-state index contributed by atoms with van der Waals surface area (Å²) in [6, 6.07) is 1.72. The van der Waals surface area contributed by atoms with Gasteiger partial charge in [-0.2, -0.15) is 24.9 Å². The molecule has 8 heteroatoms. The highest BCUT2D eigenvalue weighted by Gasteiger charge is 2.38. The first kappa shape index (κ1) is 14.7. The monoisotopic (exact) mass is 311 g/mol. The number of thioether (sulfide) groups is 1. The summed E-state index contributed by atoms with van der Waals surface area (Å²) in [5.74, 6) is 1.28. The van der Waals surface area contributed by atoms with Gasteiger partial charge in [-0.05, 0) is 23.8 Å². The van der Waals surface area contributed by atoms with Crippen molar-refractivity contribution in [1.82, 2.24) is 5.32 Å². The number of thiophene rings is 1. The van der Waals surface area contributed by atoms with Crippen molar-refractivity contribution in [3.05, 3.63) is 21.4 Å². The van der Waals surface area contributed by atoms with Gasteiger partial charge in [0.2, 0.25) is 0 Å². The van der Waals surface area contributed by atoms with Gasteiger partial charge in [-0.15, -0.1) is 11.3 Å². The van der Waals surface area contributed by atoms with E-state index in [9.17, 15) is 18.0 Å². The molecule has 1 aliphatic rings. The number of rotatable bonds is 3. The average molecular weight is 311 g/mol. The van der Waals surface area contributed by atoms with Crippen molar-refractivity contribution < 1.29 is 23.1 Å². The molecule has 0 aromatic carbocycles. The number of aryl methyl sites for hydroxylation is 1. The van der Waals surface area contributed by atoms with E-state index in [0.717, 1.165) is 28.4 Å². The van der Waals surface area contributed by atoms with Gasteiger partial charge < -0.3 is 10.4 Å². The molecule has 1 unspecified atom stereocenters. The topological polar surface area (TPSA) is 49.3 Å². The first-order valence-electron chi connectivity index (χ1n) is 5.60. The molecule has 1 aromatic rings. The Balaban J connectivity index is 1.95. The Morgan fingerprint density at radius 2 is 2.26 bits per heavy atom. The molecule has 1 aromatic heterocycles. The molecule has 2 heterocycles. The van der Waals surface area contributed by atoms with Gasteiger partial charge in [-0.3, -0.25) is 4.79 Å². The Labute approximate surface area is 116 Å². The SMILES string of the molecule is O=C(NCC(O)C(F)(F)F)c1cc2c(s1)CCSC2. The second kappa shape index (κ2) is 5.72. The summed E-state index contributed by atoms with van der Waals surface area (Å²) < 4.78 is 36.3. The van der Waals surface area contributed by atoms with Gasteiger partial charge in [0.1, 0.15) is 0 Å². The van der Waals surface area contributed by atoms with Crippen LogP contribution in [0.2, 0.25) is 0 Å². The molecule has 1 aliphatic heterocycles. The van der Waals surface area contributed by atoms with E-state index in [2.05, 4.69) is 5.32 Å². The molecule has 3 nitrogen and oxygen atoms in total. The fraction of sp³-hybridized carbons (Fsp3) is 0.545. The minimum atomic E-state index is -4.71. The quantitative estimate of drug-likeness (QED) is 0.900. The molecular weight excluding hydrogens is 299 g/mol. The third kappa shape index (κ3) is 3.64. The van der Waals surface area contributed by atoms with Crippen LogP contribution in [0.5, 0.6) is 0 Å². The van der Waals surface area contributed by atoms with E-state index in [0.29, 0.717) is 4.88 Å². The van der Waals surface area contributed by atoms with Crippen LogP contribution in [0.4, 0.5) is 13.2 Å². The van der Waals surface area contributed by atoms with Crippen molar-refractivity contribution in [2.24, 2.45) is 0 Å². The number of aliphatic hydroxyl groups excluding tert-OH is 1. The van der Waals surface area contributed by atoms with Crippen molar-refractivity contribution >= 4 is 29.0 Å². The Morgan fingerprint density at radius 1 is 1.53 bits per heavy atom. The number of hydrogen-bond acceptors (Lipinski definition) is 4. The van der Waals surface area contributed by atoms with Gasteiger partial charge in [0, 0.05) is 10.6 Å². The van der Waals surface area contributed by atoms with Crippen molar-refractivity contribution in [3.63, 3.8) is 0 Å². The summed E-state index contributed by atoms with van der Waals surface area (Å²) in [4.78, 5) is 13.2. The lowest BCUT2D eigenvalue weighted by Crippen LogP contribution is -2.40. The molecule has 0 radical (unpaired) electrons. The zero-order valence-electron chi connectivity index (χ0n) is 9.79. The van der Waals surface area contributed by atoms with Gasteiger partial charge in [0.25, 0.3) is 5.91 Å². The van der Waals surface area contributed by atoms with E-state index in [-0.39, 0.29) is 0 Å². The number of fused-ring (bicyclic) bond motifs is 1. The van der Waals surface area contributed by atoms with Crippen molar-refractivity contribution in [2.45, 2.75) is 24.5 Å².